The summed E-state index contributed by atoms with van der Waals surface area (Å²) >= 11 is 0. The monoisotopic (exact) mass is 601 g/mol. The summed E-state index contributed by atoms with van der Waals surface area (Å²) in [6, 6.07) is 62.9. The topological polar surface area (TPSA) is 12.5 Å². The van der Waals surface area contributed by atoms with Crippen LogP contribution in [0.1, 0.15) is 22.3 Å². The SMILES string of the molecule is C1=Cc2ccccc2C2(O1)c1ccccc1-c1ccc(N(c3ccc(-c4ccccc4)cc3)c3ccc(-c4ccccc4)cc3)cc12. The lowest BCUT2D eigenvalue weighted by Crippen LogP contribution is -2.31. The summed E-state index contributed by atoms with van der Waals surface area (Å²) in [7, 11) is 0. The van der Waals surface area contributed by atoms with E-state index in [1.54, 1.807) is 0 Å². The molecule has 0 saturated carbocycles. The molecule has 7 aromatic carbocycles. The van der Waals surface area contributed by atoms with Gasteiger partial charge in [-0.1, -0.05) is 140 Å². The first kappa shape index (κ1) is 27.2. The van der Waals surface area contributed by atoms with E-state index in [0.29, 0.717) is 0 Å². The maximum Gasteiger partial charge on any atom is 0.185 e. The molecule has 1 heterocycles. The largest absolute Gasteiger partial charge is 0.481 e. The maximum atomic E-state index is 6.78. The van der Waals surface area contributed by atoms with E-state index in [1.165, 1.54) is 44.5 Å². The summed E-state index contributed by atoms with van der Waals surface area (Å²) in [5, 5.41) is 0. The number of hydrogen-bond acceptors (Lipinski definition) is 2. The molecule has 47 heavy (non-hydrogen) atoms. The second kappa shape index (κ2) is 11.0. The Morgan fingerprint density at radius 3 is 1.51 bits per heavy atom. The van der Waals surface area contributed by atoms with E-state index in [4.69, 9.17) is 4.74 Å². The molecule has 2 nitrogen and oxygen atoms in total. The standard InChI is InChI=1S/C45H31NO/c1-3-11-32(12-4-1)34-19-23-37(24-20-34)46(38-25-21-35(22-26-38)33-13-5-2-6-14-33)39-27-28-41-40-16-8-10-18-43(40)45(44(41)31-39)42-17-9-7-15-36(42)29-30-47-45/h1-31H. The van der Waals surface area contributed by atoms with Gasteiger partial charge in [-0.15, -0.1) is 0 Å². The molecule has 1 spiro atoms. The van der Waals surface area contributed by atoms with Crippen molar-refractivity contribution < 1.29 is 4.74 Å². The first-order chi connectivity index (χ1) is 23.3. The molecule has 1 atom stereocenters. The van der Waals surface area contributed by atoms with Crippen molar-refractivity contribution in [2.75, 3.05) is 4.90 Å². The van der Waals surface area contributed by atoms with Gasteiger partial charge in [-0.05, 0) is 81.4 Å². The number of hydrogen-bond donors (Lipinski definition) is 0. The molecule has 9 rings (SSSR count). The zero-order valence-electron chi connectivity index (χ0n) is 25.8. The van der Waals surface area contributed by atoms with E-state index >= 15 is 0 Å². The first-order valence-electron chi connectivity index (χ1n) is 16.1. The molecule has 1 aliphatic carbocycles. The highest BCUT2D eigenvalue weighted by Crippen LogP contribution is 2.56. The van der Waals surface area contributed by atoms with Crippen LogP contribution in [0.2, 0.25) is 0 Å². The van der Waals surface area contributed by atoms with Crippen LogP contribution < -0.4 is 4.90 Å². The predicted octanol–water partition coefficient (Wildman–Crippen LogP) is 11.8. The van der Waals surface area contributed by atoms with Crippen molar-refractivity contribution in [2.45, 2.75) is 5.60 Å². The lowest BCUT2D eigenvalue weighted by Gasteiger charge is -2.36. The van der Waals surface area contributed by atoms with E-state index < -0.39 is 5.60 Å². The third-order valence-corrected chi connectivity index (χ3v) is 9.53. The van der Waals surface area contributed by atoms with Gasteiger partial charge in [-0.3, -0.25) is 0 Å². The summed E-state index contributed by atoms with van der Waals surface area (Å²) < 4.78 is 6.78. The van der Waals surface area contributed by atoms with Crippen LogP contribution in [-0.2, 0) is 10.3 Å². The Labute approximate surface area is 275 Å². The maximum absolute atomic E-state index is 6.78. The van der Waals surface area contributed by atoms with Crippen LogP contribution in [0.4, 0.5) is 17.1 Å². The zero-order chi connectivity index (χ0) is 31.2. The number of rotatable bonds is 5. The highest BCUT2D eigenvalue weighted by Gasteiger charge is 2.48. The summed E-state index contributed by atoms with van der Waals surface area (Å²) in [5.74, 6) is 0. The fraction of sp³-hybridized carbons (Fsp3) is 0.0222. The molecule has 7 aromatic rings. The van der Waals surface area contributed by atoms with Gasteiger partial charge < -0.3 is 9.64 Å². The summed E-state index contributed by atoms with van der Waals surface area (Å²) in [6.45, 7) is 0. The van der Waals surface area contributed by atoms with Crippen LogP contribution >= 0.6 is 0 Å². The molecular formula is C45H31NO. The average Bonchev–Trinajstić information content (AvgIpc) is 3.42. The van der Waals surface area contributed by atoms with Gasteiger partial charge in [0, 0.05) is 33.8 Å². The Kier molecular flexibility index (Phi) is 6.39. The Hall–Kier alpha value is -6.12. The second-order valence-corrected chi connectivity index (χ2v) is 12.1. The second-order valence-electron chi connectivity index (χ2n) is 12.1. The molecular weight excluding hydrogens is 571 g/mol. The van der Waals surface area contributed by atoms with Crippen molar-refractivity contribution in [2.24, 2.45) is 0 Å². The number of nitrogens with zero attached hydrogens (tertiary/aromatic N) is 1. The van der Waals surface area contributed by atoms with Gasteiger partial charge in [0.15, 0.2) is 5.60 Å². The van der Waals surface area contributed by atoms with Gasteiger partial charge in [-0.25, -0.2) is 0 Å². The van der Waals surface area contributed by atoms with Gasteiger partial charge in [0.05, 0.1) is 6.26 Å². The summed E-state index contributed by atoms with van der Waals surface area (Å²) in [4.78, 5) is 2.35. The van der Waals surface area contributed by atoms with E-state index in [9.17, 15) is 0 Å². The van der Waals surface area contributed by atoms with Crippen LogP contribution in [0.25, 0.3) is 39.5 Å². The highest BCUT2D eigenvalue weighted by molar-refractivity contribution is 5.88. The molecule has 0 N–H and O–H groups in total. The molecule has 2 heteroatoms. The Balaban J connectivity index is 1.22. The van der Waals surface area contributed by atoms with Gasteiger partial charge in [0.2, 0.25) is 0 Å². The van der Waals surface area contributed by atoms with Crippen LogP contribution in [0.3, 0.4) is 0 Å². The third-order valence-electron chi connectivity index (χ3n) is 9.53. The number of benzene rings is 7. The molecule has 0 fully saturated rings. The molecule has 1 unspecified atom stereocenters. The predicted molar refractivity (Wildman–Crippen MR) is 194 cm³/mol. The molecule has 0 amide bonds. The minimum atomic E-state index is -0.729. The fourth-order valence-corrected chi connectivity index (χ4v) is 7.33. The van der Waals surface area contributed by atoms with Crippen molar-refractivity contribution in [3.63, 3.8) is 0 Å². The lowest BCUT2D eigenvalue weighted by atomic mass is 9.80. The Morgan fingerprint density at radius 1 is 0.383 bits per heavy atom. The van der Waals surface area contributed by atoms with Gasteiger partial charge in [0.1, 0.15) is 0 Å². The van der Waals surface area contributed by atoms with Crippen LogP contribution in [-0.4, -0.2) is 0 Å². The highest BCUT2D eigenvalue weighted by atomic mass is 16.5. The van der Waals surface area contributed by atoms with E-state index in [2.05, 4.69) is 187 Å². The molecule has 0 radical (unpaired) electrons. The van der Waals surface area contributed by atoms with Crippen molar-refractivity contribution in [1.82, 2.24) is 0 Å². The summed E-state index contributed by atoms with van der Waals surface area (Å²) in [5.41, 5.74) is 14.4. The van der Waals surface area contributed by atoms with Crippen LogP contribution in [0.15, 0.2) is 182 Å². The normalized spacial score (nSPS) is 15.4. The molecule has 0 aromatic heterocycles. The lowest BCUT2D eigenvalue weighted by molar-refractivity contribution is 0.100. The number of fused-ring (bicyclic) bond motifs is 7. The van der Waals surface area contributed by atoms with E-state index in [1.807, 2.05) is 6.26 Å². The zero-order valence-corrected chi connectivity index (χ0v) is 25.8. The molecule has 222 valence electrons. The summed E-state index contributed by atoms with van der Waals surface area (Å²) in [6.07, 6.45) is 3.93. The Bertz CT molecular complexity index is 2170. The van der Waals surface area contributed by atoms with Crippen molar-refractivity contribution in [3.8, 4) is 33.4 Å². The smallest absolute Gasteiger partial charge is 0.185 e. The van der Waals surface area contributed by atoms with Crippen molar-refractivity contribution in [1.29, 1.82) is 0 Å². The van der Waals surface area contributed by atoms with Crippen molar-refractivity contribution in [3.05, 3.63) is 204 Å². The van der Waals surface area contributed by atoms with Crippen molar-refractivity contribution >= 4 is 23.1 Å². The van der Waals surface area contributed by atoms with E-state index in [0.717, 1.165) is 28.2 Å². The van der Waals surface area contributed by atoms with Gasteiger partial charge in [0.25, 0.3) is 0 Å². The number of ether oxygens (including phenoxy) is 1. The van der Waals surface area contributed by atoms with E-state index in [-0.39, 0.29) is 0 Å². The Morgan fingerprint density at radius 2 is 0.872 bits per heavy atom. The molecule has 2 aliphatic rings. The van der Waals surface area contributed by atoms with Gasteiger partial charge in [-0.2, -0.15) is 0 Å². The fourth-order valence-electron chi connectivity index (χ4n) is 7.33. The minimum Gasteiger partial charge on any atom is -0.481 e. The minimum absolute atomic E-state index is 0.729. The average molecular weight is 602 g/mol. The number of anilines is 3. The molecule has 1 aliphatic heterocycles. The third kappa shape index (κ3) is 4.41. The first-order valence-corrected chi connectivity index (χ1v) is 16.1. The molecule has 0 saturated heterocycles. The quantitative estimate of drug-likeness (QED) is 0.195. The van der Waals surface area contributed by atoms with Gasteiger partial charge >= 0.3 is 0 Å². The van der Waals surface area contributed by atoms with Crippen LogP contribution in [0, 0.1) is 0 Å². The molecule has 0 bridgehead atoms. The van der Waals surface area contributed by atoms with Crippen LogP contribution in [0.5, 0.6) is 0 Å².